The standard InChI is InChI=1S/C21H26N2O/c1-6-21(4)15(3)14(2)18-12-17(13-19(24-5)20(18)23-21)22-16-10-8-7-9-11-16/h7-13,22-23H,6H2,1-5H3. The van der Waals surface area contributed by atoms with Gasteiger partial charge in [0.25, 0.3) is 0 Å². The summed E-state index contributed by atoms with van der Waals surface area (Å²) >= 11 is 0. The van der Waals surface area contributed by atoms with Crippen LogP contribution in [-0.2, 0) is 0 Å². The molecule has 1 heterocycles. The molecule has 1 unspecified atom stereocenters. The van der Waals surface area contributed by atoms with Gasteiger partial charge >= 0.3 is 0 Å². The van der Waals surface area contributed by atoms with Gasteiger partial charge in [-0.15, -0.1) is 0 Å². The molecule has 0 fully saturated rings. The Hall–Kier alpha value is -2.42. The zero-order chi connectivity index (χ0) is 17.3. The summed E-state index contributed by atoms with van der Waals surface area (Å²) in [5.41, 5.74) is 7.07. The van der Waals surface area contributed by atoms with E-state index in [0.717, 1.165) is 29.2 Å². The highest BCUT2D eigenvalue weighted by atomic mass is 16.5. The first kappa shape index (κ1) is 16.4. The van der Waals surface area contributed by atoms with Crippen molar-refractivity contribution in [1.82, 2.24) is 0 Å². The van der Waals surface area contributed by atoms with E-state index >= 15 is 0 Å². The second-order valence-corrected chi connectivity index (χ2v) is 6.65. The highest BCUT2D eigenvalue weighted by molar-refractivity contribution is 5.88. The summed E-state index contributed by atoms with van der Waals surface area (Å²) < 4.78 is 5.69. The van der Waals surface area contributed by atoms with Gasteiger partial charge in [0.15, 0.2) is 0 Å². The SMILES string of the molecule is CCC1(C)Nc2c(OC)cc(Nc3ccccc3)cc2C(C)=C1C. The van der Waals surface area contributed by atoms with Crippen molar-refractivity contribution in [3.05, 3.63) is 53.6 Å². The van der Waals surface area contributed by atoms with Crippen LogP contribution < -0.4 is 15.4 Å². The van der Waals surface area contributed by atoms with E-state index in [1.807, 2.05) is 18.2 Å². The van der Waals surface area contributed by atoms with Crippen molar-refractivity contribution in [2.75, 3.05) is 17.7 Å². The highest BCUT2D eigenvalue weighted by Gasteiger charge is 2.33. The van der Waals surface area contributed by atoms with Gasteiger partial charge < -0.3 is 15.4 Å². The van der Waals surface area contributed by atoms with Crippen molar-refractivity contribution in [2.45, 2.75) is 39.7 Å². The van der Waals surface area contributed by atoms with Crippen LogP contribution >= 0.6 is 0 Å². The zero-order valence-electron chi connectivity index (χ0n) is 15.2. The lowest BCUT2D eigenvalue weighted by atomic mass is 9.80. The van der Waals surface area contributed by atoms with Crippen molar-refractivity contribution in [1.29, 1.82) is 0 Å². The molecule has 1 aliphatic rings. The molecule has 2 N–H and O–H groups in total. The first-order chi connectivity index (χ1) is 11.5. The van der Waals surface area contributed by atoms with Gasteiger partial charge in [-0.1, -0.05) is 25.1 Å². The number of benzene rings is 2. The predicted octanol–water partition coefficient (Wildman–Crippen LogP) is 5.83. The first-order valence-electron chi connectivity index (χ1n) is 8.49. The summed E-state index contributed by atoms with van der Waals surface area (Å²) in [5.74, 6) is 0.873. The molecular weight excluding hydrogens is 296 g/mol. The Morgan fingerprint density at radius 2 is 1.79 bits per heavy atom. The number of hydrogen-bond donors (Lipinski definition) is 2. The van der Waals surface area contributed by atoms with Gasteiger partial charge in [0, 0.05) is 23.0 Å². The van der Waals surface area contributed by atoms with Gasteiger partial charge in [0.2, 0.25) is 0 Å². The largest absolute Gasteiger partial charge is 0.494 e. The molecule has 3 nitrogen and oxygen atoms in total. The normalized spacial score (nSPS) is 19.5. The second kappa shape index (κ2) is 6.23. The number of nitrogens with one attached hydrogen (secondary N) is 2. The van der Waals surface area contributed by atoms with Crippen molar-refractivity contribution in [2.24, 2.45) is 0 Å². The number of fused-ring (bicyclic) bond motifs is 1. The monoisotopic (exact) mass is 322 g/mol. The summed E-state index contributed by atoms with van der Waals surface area (Å²) in [6.07, 6.45) is 1.03. The maximum absolute atomic E-state index is 5.69. The quantitative estimate of drug-likeness (QED) is 0.743. The van der Waals surface area contributed by atoms with E-state index in [1.165, 1.54) is 16.7 Å². The van der Waals surface area contributed by atoms with Crippen LogP contribution in [0.5, 0.6) is 5.75 Å². The fraction of sp³-hybridized carbons (Fsp3) is 0.333. The topological polar surface area (TPSA) is 33.3 Å². The minimum absolute atomic E-state index is 0.0290. The molecule has 3 heteroatoms. The Balaban J connectivity index is 2.09. The van der Waals surface area contributed by atoms with Crippen molar-refractivity contribution < 1.29 is 4.74 Å². The summed E-state index contributed by atoms with van der Waals surface area (Å²) in [6, 6.07) is 14.5. The van der Waals surface area contributed by atoms with Crippen LogP contribution in [0.15, 0.2) is 48.0 Å². The van der Waals surface area contributed by atoms with Crippen molar-refractivity contribution in [3.63, 3.8) is 0 Å². The lowest BCUT2D eigenvalue weighted by Crippen LogP contribution is -2.38. The zero-order valence-corrected chi connectivity index (χ0v) is 15.2. The van der Waals surface area contributed by atoms with E-state index in [9.17, 15) is 0 Å². The first-order valence-corrected chi connectivity index (χ1v) is 8.49. The number of methoxy groups -OCH3 is 1. The molecule has 3 rings (SSSR count). The third kappa shape index (κ3) is 2.75. The van der Waals surface area contributed by atoms with Crippen molar-refractivity contribution in [3.8, 4) is 5.75 Å². The molecule has 1 atom stereocenters. The molecule has 1 aliphatic heterocycles. The Morgan fingerprint density at radius 1 is 1.08 bits per heavy atom. The molecule has 0 amide bonds. The van der Waals surface area contributed by atoms with E-state index in [1.54, 1.807) is 7.11 Å². The van der Waals surface area contributed by atoms with E-state index in [4.69, 9.17) is 4.74 Å². The Bertz CT molecular complexity index is 780. The van der Waals surface area contributed by atoms with Crippen LogP contribution in [0, 0.1) is 0 Å². The molecule has 2 aromatic carbocycles. The highest BCUT2D eigenvalue weighted by Crippen LogP contribution is 2.46. The number of ether oxygens (including phenoxy) is 1. The van der Waals surface area contributed by atoms with Crippen LogP contribution in [0.1, 0.15) is 39.7 Å². The summed E-state index contributed by atoms with van der Waals surface area (Å²) in [7, 11) is 1.73. The van der Waals surface area contributed by atoms with Gasteiger partial charge in [0.1, 0.15) is 5.75 Å². The van der Waals surface area contributed by atoms with E-state index in [0.29, 0.717) is 0 Å². The molecule has 0 spiro atoms. The molecule has 24 heavy (non-hydrogen) atoms. The number of para-hydroxylation sites is 1. The fourth-order valence-electron chi connectivity index (χ4n) is 3.30. The fourth-order valence-corrected chi connectivity index (χ4v) is 3.30. The molecule has 0 saturated heterocycles. The average Bonchev–Trinajstić information content (AvgIpc) is 2.61. The Kier molecular flexibility index (Phi) is 4.27. The van der Waals surface area contributed by atoms with Crippen LogP contribution in [-0.4, -0.2) is 12.6 Å². The van der Waals surface area contributed by atoms with E-state index < -0.39 is 0 Å². The maximum atomic E-state index is 5.69. The minimum Gasteiger partial charge on any atom is -0.494 e. The number of anilines is 3. The maximum Gasteiger partial charge on any atom is 0.144 e. The van der Waals surface area contributed by atoms with Crippen LogP contribution in [0.3, 0.4) is 0 Å². The third-order valence-corrected chi connectivity index (χ3v) is 5.29. The van der Waals surface area contributed by atoms with Crippen LogP contribution in [0.25, 0.3) is 5.57 Å². The van der Waals surface area contributed by atoms with Crippen LogP contribution in [0.4, 0.5) is 17.1 Å². The summed E-state index contributed by atoms with van der Waals surface area (Å²) in [5, 5.41) is 7.17. The minimum atomic E-state index is -0.0290. The molecule has 0 radical (unpaired) electrons. The van der Waals surface area contributed by atoms with Crippen LogP contribution in [0.2, 0.25) is 0 Å². The Labute approximate surface area is 144 Å². The van der Waals surface area contributed by atoms with Gasteiger partial charge in [-0.3, -0.25) is 0 Å². The molecular formula is C21H26N2O. The van der Waals surface area contributed by atoms with Gasteiger partial charge in [-0.05, 0) is 56.5 Å². The summed E-state index contributed by atoms with van der Waals surface area (Å²) in [4.78, 5) is 0. The van der Waals surface area contributed by atoms with Gasteiger partial charge in [-0.25, -0.2) is 0 Å². The lowest BCUT2D eigenvalue weighted by Gasteiger charge is -2.39. The van der Waals surface area contributed by atoms with Gasteiger partial charge in [-0.2, -0.15) is 0 Å². The third-order valence-electron chi connectivity index (χ3n) is 5.29. The molecule has 0 aliphatic carbocycles. The van der Waals surface area contributed by atoms with Crippen molar-refractivity contribution >= 4 is 22.6 Å². The number of allylic oxidation sites excluding steroid dienone is 1. The second-order valence-electron chi connectivity index (χ2n) is 6.65. The molecule has 2 aromatic rings. The summed E-state index contributed by atoms with van der Waals surface area (Å²) in [6.45, 7) is 8.89. The molecule has 0 saturated carbocycles. The Morgan fingerprint density at radius 3 is 2.42 bits per heavy atom. The number of rotatable bonds is 4. The lowest BCUT2D eigenvalue weighted by molar-refractivity contribution is 0.414. The van der Waals surface area contributed by atoms with E-state index in [2.05, 4.69) is 62.6 Å². The predicted molar refractivity (Wildman–Crippen MR) is 103 cm³/mol. The average molecular weight is 322 g/mol. The molecule has 0 bridgehead atoms. The molecule has 0 aromatic heterocycles. The van der Waals surface area contributed by atoms with Gasteiger partial charge in [0.05, 0.1) is 18.3 Å². The number of hydrogen-bond acceptors (Lipinski definition) is 3. The van der Waals surface area contributed by atoms with E-state index in [-0.39, 0.29) is 5.54 Å². The molecule has 126 valence electrons. The smallest absolute Gasteiger partial charge is 0.144 e.